The summed E-state index contributed by atoms with van der Waals surface area (Å²) in [5, 5.41) is 8.52. The first-order valence-corrected chi connectivity index (χ1v) is 9.24. The first kappa shape index (κ1) is 22.2. The van der Waals surface area contributed by atoms with Gasteiger partial charge in [0.2, 0.25) is 0 Å². The van der Waals surface area contributed by atoms with E-state index in [1.807, 2.05) is 0 Å². The Morgan fingerprint density at radius 1 is 0.667 bits per heavy atom. The van der Waals surface area contributed by atoms with Crippen LogP contribution in [0.3, 0.4) is 0 Å². The van der Waals surface area contributed by atoms with Crippen molar-refractivity contribution in [3.8, 4) is 0 Å². The molecule has 0 bridgehead atoms. The summed E-state index contributed by atoms with van der Waals surface area (Å²) in [5.74, 6) is -0.690. The van der Waals surface area contributed by atoms with Crippen LogP contribution in [-0.2, 0) is 4.79 Å². The molecule has 0 aromatic rings. The van der Waals surface area contributed by atoms with Crippen LogP contribution in [0, 0.1) is 0 Å². The van der Waals surface area contributed by atoms with E-state index in [-0.39, 0.29) is 0 Å². The molecule has 0 aliphatic rings. The van der Waals surface area contributed by atoms with E-state index in [2.05, 4.69) is 67.7 Å². The standard InChI is InChI=1S/C22H34O2/c1-2-3-4-5-6-7-8-9-10-11-12-13-14-15-16-17-18-19-20-21-22(23)24/h3-4,6-7,9-10,12-13,15-16H,2,5,8,11,14,17-21H2,1H3,(H,23,24)/b4-3-,7-6-,10-9-,13-12-,16-15+. The number of hydrogen-bond acceptors (Lipinski definition) is 1. The third kappa shape index (κ3) is 20.2. The lowest BCUT2D eigenvalue weighted by Crippen LogP contribution is -1.93. The summed E-state index contributed by atoms with van der Waals surface area (Å²) in [6.45, 7) is 2.15. The SMILES string of the molecule is CC/C=C\C/C=C\C/C=C\C/C=C\C/C=C/CCCCCC(=O)O. The summed E-state index contributed by atoms with van der Waals surface area (Å²) in [4.78, 5) is 10.3. The average Bonchev–Trinajstić information content (AvgIpc) is 2.56. The van der Waals surface area contributed by atoms with Gasteiger partial charge in [-0.1, -0.05) is 74.1 Å². The Kier molecular flexibility index (Phi) is 17.8. The molecular weight excluding hydrogens is 296 g/mol. The lowest BCUT2D eigenvalue weighted by atomic mass is 10.1. The van der Waals surface area contributed by atoms with E-state index in [0.29, 0.717) is 6.42 Å². The fraction of sp³-hybridized carbons (Fsp3) is 0.500. The molecule has 0 radical (unpaired) electrons. The third-order valence-corrected chi connectivity index (χ3v) is 3.42. The second kappa shape index (κ2) is 19.2. The van der Waals surface area contributed by atoms with Crippen LogP contribution in [-0.4, -0.2) is 11.1 Å². The monoisotopic (exact) mass is 330 g/mol. The van der Waals surface area contributed by atoms with E-state index in [0.717, 1.165) is 57.8 Å². The Labute approximate surface area is 148 Å². The Bertz CT molecular complexity index is 425. The van der Waals surface area contributed by atoms with Crippen LogP contribution in [0.5, 0.6) is 0 Å². The minimum absolute atomic E-state index is 0.297. The van der Waals surface area contributed by atoms with Gasteiger partial charge < -0.3 is 5.11 Å². The van der Waals surface area contributed by atoms with Crippen molar-refractivity contribution in [2.75, 3.05) is 0 Å². The molecule has 2 heteroatoms. The maximum absolute atomic E-state index is 10.3. The van der Waals surface area contributed by atoms with Crippen LogP contribution in [0.25, 0.3) is 0 Å². The predicted octanol–water partition coefficient (Wildman–Crippen LogP) is 6.77. The molecule has 1 N–H and O–H groups in total. The van der Waals surface area contributed by atoms with Gasteiger partial charge in [-0.05, 0) is 51.4 Å². The number of hydrogen-bond donors (Lipinski definition) is 1. The molecule has 0 aliphatic carbocycles. The van der Waals surface area contributed by atoms with E-state index in [9.17, 15) is 4.79 Å². The highest BCUT2D eigenvalue weighted by atomic mass is 16.4. The number of carbonyl (C=O) groups is 1. The minimum Gasteiger partial charge on any atom is -0.481 e. The van der Waals surface area contributed by atoms with Crippen LogP contribution in [0.4, 0.5) is 0 Å². The van der Waals surface area contributed by atoms with Crippen molar-refractivity contribution in [2.45, 2.75) is 71.1 Å². The van der Waals surface area contributed by atoms with Crippen molar-refractivity contribution < 1.29 is 9.90 Å². The molecule has 0 rings (SSSR count). The van der Waals surface area contributed by atoms with Gasteiger partial charge in [-0.3, -0.25) is 4.79 Å². The van der Waals surface area contributed by atoms with Crippen LogP contribution in [0.2, 0.25) is 0 Å². The number of aliphatic carboxylic acids is 1. The molecule has 134 valence electrons. The van der Waals surface area contributed by atoms with E-state index in [1.165, 1.54) is 0 Å². The van der Waals surface area contributed by atoms with Crippen molar-refractivity contribution in [1.29, 1.82) is 0 Å². The van der Waals surface area contributed by atoms with Crippen molar-refractivity contribution in [2.24, 2.45) is 0 Å². The summed E-state index contributed by atoms with van der Waals surface area (Å²) in [5.41, 5.74) is 0. The lowest BCUT2D eigenvalue weighted by Gasteiger charge is -1.94. The zero-order valence-corrected chi connectivity index (χ0v) is 15.2. The predicted molar refractivity (Wildman–Crippen MR) is 105 cm³/mol. The van der Waals surface area contributed by atoms with Crippen LogP contribution in [0.15, 0.2) is 60.8 Å². The smallest absolute Gasteiger partial charge is 0.303 e. The van der Waals surface area contributed by atoms with E-state index in [4.69, 9.17) is 5.11 Å². The average molecular weight is 331 g/mol. The molecule has 2 nitrogen and oxygen atoms in total. The molecular formula is C22H34O2. The zero-order valence-electron chi connectivity index (χ0n) is 15.2. The fourth-order valence-corrected chi connectivity index (χ4v) is 2.08. The normalized spacial score (nSPS) is 12.7. The number of carboxylic acid groups (broad SMARTS) is 1. The van der Waals surface area contributed by atoms with Crippen molar-refractivity contribution in [3.05, 3.63) is 60.8 Å². The summed E-state index contributed by atoms with van der Waals surface area (Å²) in [6.07, 6.45) is 31.3. The van der Waals surface area contributed by atoms with Crippen LogP contribution in [0.1, 0.15) is 71.1 Å². The topological polar surface area (TPSA) is 37.3 Å². The Morgan fingerprint density at radius 3 is 1.58 bits per heavy atom. The molecule has 0 saturated heterocycles. The van der Waals surface area contributed by atoms with E-state index >= 15 is 0 Å². The number of allylic oxidation sites excluding steroid dienone is 10. The molecule has 0 aromatic heterocycles. The second-order valence-electron chi connectivity index (χ2n) is 5.70. The molecule has 0 aromatic carbocycles. The van der Waals surface area contributed by atoms with Crippen LogP contribution < -0.4 is 0 Å². The van der Waals surface area contributed by atoms with Gasteiger partial charge in [0.25, 0.3) is 0 Å². The van der Waals surface area contributed by atoms with Crippen molar-refractivity contribution in [1.82, 2.24) is 0 Å². The molecule has 0 spiro atoms. The number of carboxylic acids is 1. The molecule has 0 fully saturated rings. The van der Waals surface area contributed by atoms with Gasteiger partial charge in [0.15, 0.2) is 0 Å². The molecule has 0 atom stereocenters. The highest BCUT2D eigenvalue weighted by Crippen LogP contribution is 2.04. The first-order valence-electron chi connectivity index (χ1n) is 9.24. The van der Waals surface area contributed by atoms with Crippen molar-refractivity contribution >= 4 is 5.97 Å². The summed E-state index contributed by atoms with van der Waals surface area (Å²) < 4.78 is 0. The van der Waals surface area contributed by atoms with Gasteiger partial charge >= 0.3 is 5.97 Å². The molecule has 0 saturated carbocycles. The molecule has 0 amide bonds. The second-order valence-corrected chi connectivity index (χ2v) is 5.70. The van der Waals surface area contributed by atoms with Gasteiger partial charge in [0, 0.05) is 6.42 Å². The minimum atomic E-state index is -0.690. The van der Waals surface area contributed by atoms with Gasteiger partial charge in [-0.15, -0.1) is 0 Å². The lowest BCUT2D eigenvalue weighted by molar-refractivity contribution is -0.137. The van der Waals surface area contributed by atoms with Crippen molar-refractivity contribution in [3.63, 3.8) is 0 Å². The number of unbranched alkanes of at least 4 members (excludes halogenated alkanes) is 3. The summed E-state index contributed by atoms with van der Waals surface area (Å²) >= 11 is 0. The maximum Gasteiger partial charge on any atom is 0.303 e. The molecule has 0 heterocycles. The molecule has 0 unspecified atom stereocenters. The molecule has 0 aliphatic heterocycles. The van der Waals surface area contributed by atoms with E-state index < -0.39 is 5.97 Å². The molecule has 24 heavy (non-hydrogen) atoms. The van der Waals surface area contributed by atoms with Gasteiger partial charge in [-0.25, -0.2) is 0 Å². The van der Waals surface area contributed by atoms with Gasteiger partial charge in [0.05, 0.1) is 0 Å². The summed E-state index contributed by atoms with van der Waals surface area (Å²) in [6, 6.07) is 0. The highest BCUT2D eigenvalue weighted by Gasteiger charge is 1.94. The Hall–Kier alpha value is -1.83. The zero-order chi connectivity index (χ0) is 17.7. The first-order chi connectivity index (χ1) is 11.8. The Morgan fingerprint density at radius 2 is 1.12 bits per heavy atom. The highest BCUT2D eigenvalue weighted by molar-refractivity contribution is 5.66. The largest absolute Gasteiger partial charge is 0.481 e. The number of rotatable bonds is 15. The Balaban J connectivity index is 3.42. The van der Waals surface area contributed by atoms with Gasteiger partial charge in [0.1, 0.15) is 0 Å². The van der Waals surface area contributed by atoms with E-state index in [1.54, 1.807) is 0 Å². The maximum atomic E-state index is 10.3. The third-order valence-electron chi connectivity index (χ3n) is 3.42. The van der Waals surface area contributed by atoms with Gasteiger partial charge in [-0.2, -0.15) is 0 Å². The van der Waals surface area contributed by atoms with Crippen LogP contribution >= 0.6 is 0 Å². The summed E-state index contributed by atoms with van der Waals surface area (Å²) in [7, 11) is 0. The quantitative estimate of drug-likeness (QED) is 0.265. The fourth-order valence-electron chi connectivity index (χ4n) is 2.08.